The molecule has 0 bridgehead atoms. The standard InChI is InChI=1S/C12H25NO3S/c1-4-13-11-6-7-12(10(11)2)17(14,15)9-5-8-16-3/h10-13H,4-9H2,1-3H3. The Morgan fingerprint density at radius 2 is 2.06 bits per heavy atom. The Morgan fingerprint density at radius 3 is 2.65 bits per heavy atom. The van der Waals surface area contributed by atoms with E-state index >= 15 is 0 Å². The predicted octanol–water partition coefficient (Wildman–Crippen LogP) is 1.21. The van der Waals surface area contributed by atoms with Crippen molar-refractivity contribution in [1.82, 2.24) is 5.32 Å². The number of nitrogens with one attached hydrogen (secondary N) is 1. The maximum absolute atomic E-state index is 12.2. The van der Waals surface area contributed by atoms with Gasteiger partial charge in [-0.2, -0.15) is 0 Å². The smallest absolute Gasteiger partial charge is 0.153 e. The third-order valence-corrected chi connectivity index (χ3v) is 6.13. The lowest BCUT2D eigenvalue weighted by molar-refractivity contribution is 0.199. The maximum atomic E-state index is 12.2. The fraction of sp³-hybridized carbons (Fsp3) is 1.00. The van der Waals surface area contributed by atoms with Crippen LogP contribution < -0.4 is 5.32 Å². The first-order valence-electron chi connectivity index (χ1n) is 6.46. The third kappa shape index (κ3) is 3.93. The third-order valence-electron chi connectivity index (χ3n) is 3.69. The number of ether oxygens (including phenoxy) is 1. The molecule has 17 heavy (non-hydrogen) atoms. The molecule has 0 aromatic heterocycles. The van der Waals surface area contributed by atoms with E-state index in [0.29, 0.717) is 19.1 Å². The SMILES string of the molecule is CCNC1CCC(S(=O)(=O)CCCOC)C1C. The summed E-state index contributed by atoms with van der Waals surface area (Å²) in [6, 6.07) is 0.363. The second kappa shape index (κ2) is 6.71. The highest BCUT2D eigenvalue weighted by Crippen LogP contribution is 2.31. The van der Waals surface area contributed by atoms with Crippen LogP contribution in [-0.2, 0) is 14.6 Å². The zero-order valence-electron chi connectivity index (χ0n) is 11.1. The first kappa shape index (κ1) is 14.9. The lowest BCUT2D eigenvalue weighted by atomic mass is 10.1. The Balaban J connectivity index is 2.55. The minimum Gasteiger partial charge on any atom is -0.385 e. The van der Waals surface area contributed by atoms with Gasteiger partial charge in [0.15, 0.2) is 9.84 Å². The van der Waals surface area contributed by atoms with E-state index in [9.17, 15) is 8.42 Å². The van der Waals surface area contributed by atoms with Crippen LogP contribution >= 0.6 is 0 Å². The van der Waals surface area contributed by atoms with Gasteiger partial charge in [-0.1, -0.05) is 13.8 Å². The van der Waals surface area contributed by atoms with Gasteiger partial charge in [-0.05, 0) is 31.7 Å². The van der Waals surface area contributed by atoms with Gasteiger partial charge in [-0.3, -0.25) is 0 Å². The summed E-state index contributed by atoms with van der Waals surface area (Å²) in [6.07, 6.45) is 2.38. The summed E-state index contributed by atoms with van der Waals surface area (Å²) in [4.78, 5) is 0. The van der Waals surface area contributed by atoms with Gasteiger partial charge in [-0.25, -0.2) is 8.42 Å². The number of hydrogen-bond donors (Lipinski definition) is 1. The summed E-state index contributed by atoms with van der Waals surface area (Å²) in [5.41, 5.74) is 0. The van der Waals surface area contributed by atoms with Crippen molar-refractivity contribution in [2.24, 2.45) is 5.92 Å². The monoisotopic (exact) mass is 263 g/mol. The van der Waals surface area contributed by atoms with Crippen LogP contribution in [0.1, 0.15) is 33.1 Å². The van der Waals surface area contributed by atoms with Crippen LogP contribution in [0.2, 0.25) is 0 Å². The summed E-state index contributed by atoms with van der Waals surface area (Å²) < 4.78 is 29.3. The molecule has 3 unspecified atom stereocenters. The fourth-order valence-corrected chi connectivity index (χ4v) is 4.90. The molecule has 0 aromatic rings. The molecule has 4 nitrogen and oxygen atoms in total. The Morgan fingerprint density at radius 1 is 1.35 bits per heavy atom. The van der Waals surface area contributed by atoms with Crippen molar-refractivity contribution >= 4 is 9.84 Å². The molecule has 0 heterocycles. The number of hydrogen-bond acceptors (Lipinski definition) is 4. The molecule has 1 rings (SSSR count). The summed E-state index contributed by atoms with van der Waals surface area (Å²) in [6.45, 7) is 5.55. The zero-order chi connectivity index (χ0) is 12.9. The van der Waals surface area contributed by atoms with Gasteiger partial charge in [0.25, 0.3) is 0 Å². The van der Waals surface area contributed by atoms with E-state index in [4.69, 9.17) is 4.74 Å². The van der Waals surface area contributed by atoms with Crippen LogP contribution in [0.5, 0.6) is 0 Å². The first-order valence-corrected chi connectivity index (χ1v) is 8.18. The highest BCUT2D eigenvalue weighted by Gasteiger charge is 2.39. The van der Waals surface area contributed by atoms with Crippen LogP contribution in [0.3, 0.4) is 0 Å². The van der Waals surface area contributed by atoms with Crippen molar-refractivity contribution in [1.29, 1.82) is 0 Å². The van der Waals surface area contributed by atoms with Gasteiger partial charge in [0.2, 0.25) is 0 Å². The van der Waals surface area contributed by atoms with Crippen LogP contribution in [-0.4, -0.2) is 45.7 Å². The fourth-order valence-electron chi connectivity index (χ4n) is 2.74. The highest BCUT2D eigenvalue weighted by atomic mass is 32.2. The number of sulfone groups is 1. The van der Waals surface area contributed by atoms with E-state index < -0.39 is 9.84 Å². The predicted molar refractivity (Wildman–Crippen MR) is 69.9 cm³/mol. The zero-order valence-corrected chi connectivity index (χ0v) is 11.9. The van der Waals surface area contributed by atoms with Crippen molar-refractivity contribution in [3.8, 4) is 0 Å². The molecule has 0 spiro atoms. The molecular weight excluding hydrogens is 238 g/mol. The van der Waals surface area contributed by atoms with Crippen molar-refractivity contribution in [3.63, 3.8) is 0 Å². The molecule has 0 amide bonds. The van der Waals surface area contributed by atoms with E-state index in [0.717, 1.165) is 19.4 Å². The molecule has 1 aliphatic rings. The molecular formula is C12H25NO3S. The second-order valence-electron chi connectivity index (χ2n) is 4.85. The maximum Gasteiger partial charge on any atom is 0.153 e. The van der Waals surface area contributed by atoms with E-state index in [1.54, 1.807) is 7.11 Å². The molecule has 0 saturated heterocycles. The topological polar surface area (TPSA) is 55.4 Å². The molecule has 102 valence electrons. The Kier molecular flexibility index (Phi) is 5.89. The van der Waals surface area contributed by atoms with Crippen LogP contribution in [0.15, 0.2) is 0 Å². The normalized spacial score (nSPS) is 29.7. The van der Waals surface area contributed by atoms with Gasteiger partial charge in [0.05, 0.1) is 11.0 Å². The molecule has 5 heteroatoms. The average Bonchev–Trinajstić information content (AvgIpc) is 2.62. The van der Waals surface area contributed by atoms with Crippen LogP contribution in [0.25, 0.3) is 0 Å². The van der Waals surface area contributed by atoms with Crippen molar-refractivity contribution in [2.75, 3.05) is 26.0 Å². The Bertz CT molecular complexity index is 316. The lowest BCUT2D eigenvalue weighted by Gasteiger charge is -2.21. The summed E-state index contributed by atoms with van der Waals surface area (Å²) in [5.74, 6) is 0.483. The van der Waals surface area contributed by atoms with Crippen molar-refractivity contribution in [2.45, 2.75) is 44.4 Å². The Hall–Kier alpha value is -0.130. The molecule has 0 aromatic carbocycles. The molecule has 3 atom stereocenters. The van der Waals surface area contributed by atoms with Crippen molar-refractivity contribution < 1.29 is 13.2 Å². The minimum absolute atomic E-state index is 0.164. The quantitative estimate of drug-likeness (QED) is 0.702. The Labute approximate surface area is 105 Å². The van der Waals surface area contributed by atoms with E-state index in [-0.39, 0.29) is 16.9 Å². The molecule has 1 N–H and O–H groups in total. The van der Waals surface area contributed by atoms with Gasteiger partial charge >= 0.3 is 0 Å². The highest BCUT2D eigenvalue weighted by molar-refractivity contribution is 7.92. The largest absolute Gasteiger partial charge is 0.385 e. The van der Waals surface area contributed by atoms with Crippen LogP contribution in [0.4, 0.5) is 0 Å². The number of rotatable bonds is 7. The molecule has 1 saturated carbocycles. The van der Waals surface area contributed by atoms with Gasteiger partial charge < -0.3 is 10.1 Å². The van der Waals surface area contributed by atoms with Gasteiger partial charge in [0.1, 0.15) is 0 Å². The second-order valence-corrected chi connectivity index (χ2v) is 7.19. The van der Waals surface area contributed by atoms with Crippen LogP contribution in [0, 0.1) is 5.92 Å². The average molecular weight is 263 g/mol. The van der Waals surface area contributed by atoms with Crippen molar-refractivity contribution in [3.05, 3.63) is 0 Å². The molecule has 0 radical (unpaired) electrons. The molecule has 1 aliphatic carbocycles. The van der Waals surface area contributed by atoms with E-state index in [1.807, 2.05) is 0 Å². The first-order chi connectivity index (χ1) is 8.03. The van der Waals surface area contributed by atoms with Gasteiger partial charge in [0, 0.05) is 19.8 Å². The summed E-state index contributed by atoms with van der Waals surface area (Å²) in [7, 11) is -1.35. The summed E-state index contributed by atoms with van der Waals surface area (Å²) >= 11 is 0. The summed E-state index contributed by atoms with van der Waals surface area (Å²) in [5, 5.41) is 3.21. The lowest BCUT2D eigenvalue weighted by Crippen LogP contribution is -2.37. The van der Waals surface area contributed by atoms with E-state index in [1.165, 1.54) is 0 Å². The number of methoxy groups -OCH3 is 1. The minimum atomic E-state index is -2.95. The van der Waals surface area contributed by atoms with Gasteiger partial charge in [-0.15, -0.1) is 0 Å². The van der Waals surface area contributed by atoms with E-state index in [2.05, 4.69) is 19.2 Å². The molecule has 0 aliphatic heterocycles. The molecule has 1 fully saturated rings.